The summed E-state index contributed by atoms with van der Waals surface area (Å²) in [6.07, 6.45) is 5.39. The van der Waals surface area contributed by atoms with Crippen LogP contribution >= 0.6 is 15.8 Å². The third kappa shape index (κ3) is 6.82. The molecule has 0 bridgehead atoms. The first-order valence-corrected chi connectivity index (χ1v) is 23.2. The fourth-order valence-electron chi connectivity index (χ4n) is 10.3. The summed E-state index contributed by atoms with van der Waals surface area (Å²) in [5.41, 5.74) is 13.1. The fourth-order valence-corrected chi connectivity index (χ4v) is 15.9. The molecule has 284 valence electrons. The van der Waals surface area contributed by atoms with E-state index in [4.69, 9.17) is 9.47 Å². The molecule has 0 saturated heterocycles. The Bertz CT molecular complexity index is 2140. The Morgan fingerprint density at radius 2 is 0.732 bits per heavy atom. The van der Waals surface area contributed by atoms with Crippen molar-refractivity contribution in [3.8, 4) is 11.5 Å². The molecule has 6 aromatic rings. The maximum Gasteiger partial charge on any atom is 0.257 e. The van der Waals surface area contributed by atoms with Crippen molar-refractivity contribution in [1.29, 1.82) is 0 Å². The number of benzene rings is 6. The Balaban J connectivity index is 1.22. The maximum absolute atomic E-state index is 7.78. The molecular formula is C52H54O2P2. The maximum atomic E-state index is 7.78. The van der Waals surface area contributed by atoms with Gasteiger partial charge in [-0.3, -0.25) is 0 Å². The van der Waals surface area contributed by atoms with Gasteiger partial charge in [-0.15, -0.1) is 0 Å². The predicted molar refractivity (Wildman–Crippen MR) is 240 cm³/mol. The van der Waals surface area contributed by atoms with Crippen LogP contribution in [0.2, 0.25) is 0 Å². The van der Waals surface area contributed by atoms with Crippen molar-refractivity contribution in [1.82, 2.24) is 0 Å². The molecule has 1 aliphatic carbocycles. The Labute approximate surface area is 337 Å². The van der Waals surface area contributed by atoms with E-state index in [0.29, 0.717) is 0 Å². The van der Waals surface area contributed by atoms with E-state index in [1.54, 1.807) is 0 Å². The second-order valence-corrected chi connectivity index (χ2v) is 21.6. The Hall–Kier alpha value is -4.22. The largest absolute Gasteiger partial charge is 0.451 e. The zero-order valence-electron chi connectivity index (χ0n) is 34.3. The molecule has 0 unspecified atom stereocenters. The van der Waals surface area contributed by atoms with Crippen LogP contribution in [0.25, 0.3) is 0 Å². The van der Waals surface area contributed by atoms with E-state index in [1.807, 2.05) is 0 Å². The minimum atomic E-state index is -0.898. The van der Waals surface area contributed by atoms with Crippen molar-refractivity contribution in [2.45, 2.75) is 93.3 Å². The van der Waals surface area contributed by atoms with Gasteiger partial charge in [0.25, 0.3) is 5.79 Å². The molecule has 0 N–H and O–H groups in total. The molecule has 1 saturated carbocycles. The highest BCUT2D eigenvalue weighted by Gasteiger charge is 2.57. The van der Waals surface area contributed by atoms with Gasteiger partial charge in [0, 0.05) is 22.4 Å². The number of hydrogen-bond donors (Lipinski definition) is 0. The van der Waals surface area contributed by atoms with Gasteiger partial charge in [0.2, 0.25) is 0 Å². The molecule has 1 spiro atoms. The van der Waals surface area contributed by atoms with E-state index < -0.39 is 21.6 Å². The summed E-state index contributed by atoms with van der Waals surface area (Å²) in [4.78, 5) is 0. The lowest BCUT2D eigenvalue weighted by molar-refractivity contribution is -0.225. The lowest BCUT2D eigenvalue weighted by atomic mass is 9.68. The van der Waals surface area contributed by atoms with Gasteiger partial charge in [-0.1, -0.05) is 160 Å². The number of ether oxygens (including phenoxy) is 2. The molecule has 1 fully saturated rings. The average molecular weight is 773 g/mol. The zero-order chi connectivity index (χ0) is 38.9. The molecule has 0 amide bonds. The van der Waals surface area contributed by atoms with E-state index in [9.17, 15) is 0 Å². The number of hydrogen-bond acceptors (Lipinski definition) is 2. The van der Waals surface area contributed by atoms with E-state index in [1.165, 1.54) is 93.9 Å². The Kier molecular flexibility index (Phi) is 9.75. The fraction of sp³-hybridized carbons (Fsp3) is 0.308. The van der Waals surface area contributed by atoms with Gasteiger partial charge in [-0.25, -0.2) is 0 Å². The molecule has 56 heavy (non-hydrogen) atoms. The van der Waals surface area contributed by atoms with E-state index in [0.717, 1.165) is 37.2 Å². The van der Waals surface area contributed by atoms with E-state index >= 15 is 0 Å². The SMILES string of the molecule is Cc1cc(C)cc(P(c2cc(C)cc(C)c2)c2cccc3c2OC24Oc5c(cccc5P(c5cc(C)cc(C)c5)c5cc(C)cc(C)c5)C[C@@H]2CCC[C@H]4C3)c1. The molecule has 6 aromatic carbocycles. The number of aryl methyl sites for hydroxylation is 8. The first-order chi connectivity index (χ1) is 26.9. The van der Waals surface area contributed by atoms with Gasteiger partial charge in [-0.05, 0) is 129 Å². The first-order valence-electron chi connectivity index (χ1n) is 20.5. The van der Waals surface area contributed by atoms with Crippen LogP contribution in [-0.2, 0) is 12.8 Å². The number of para-hydroxylation sites is 2. The minimum absolute atomic E-state index is 0.285. The summed E-state index contributed by atoms with van der Waals surface area (Å²) < 4.78 is 15.6. The quantitative estimate of drug-likeness (QED) is 0.157. The van der Waals surface area contributed by atoms with Crippen molar-refractivity contribution < 1.29 is 9.47 Å². The Morgan fingerprint density at radius 3 is 1.04 bits per heavy atom. The lowest BCUT2D eigenvalue weighted by Crippen LogP contribution is -2.62. The Morgan fingerprint density at radius 1 is 0.429 bits per heavy atom. The second kappa shape index (κ2) is 14.6. The normalized spacial score (nSPS) is 19.8. The third-order valence-corrected chi connectivity index (χ3v) is 17.0. The smallest absolute Gasteiger partial charge is 0.257 e. The standard InChI is InChI=1S/C52H54O2P2/c1-32-18-33(2)23-44(22-32)55(45-24-34(3)19-35(4)25-45)48-16-9-12-40-30-42-14-11-15-43-31-41-13-10-17-49(51(41)54-52(42,43)53-50(40)48)56(46-26-36(5)20-37(6)27-46)47-28-38(7)21-39(8)29-47/h9-10,12-13,16-29,42-43H,11,14-15,30-31H2,1-8H3/t42-,43-,52?/m0/s1. The molecule has 2 nitrogen and oxygen atoms in total. The summed E-state index contributed by atoms with van der Waals surface area (Å²) >= 11 is 0. The molecule has 2 heterocycles. The molecule has 2 atom stereocenters. The molecule has 3 aliphatic rings. The summed E-state index contributed by atoms with van der Waals surface area (Å²) in [6.45, 7) is 17.8. The van der Waals surface area contributed by atoms with E-state index in [2.05, 4.69) is 165 Å². The van der Waals surface area contributed by atoms with Crippen LogP contribution < -0.4 is 41.3 Å². The summed E-state index contributed by atoms with van der Waals surface area (Å²) in [5, 5.41) is 8.13. The molecule has 0 aromatic heterocycles. The highest BCUT2D eigenvalue weighted by atomic mass is 31.1. The van der Waals surface area contributed by atoms with Gasteiger partial charge >= 0.3 is 0 Å². The first kappa shape index (κ1) is 37.4. The van der Waals surface area contributed by atoms with Crippen LogP contribution in [0, 0.1) is 67.2 Å². The van der Waals surface area contributed by atoms with Crippen LogP contribution in [0.4, 0.5) is 0 Å². The van der Waals surface area contributed by atoms with Gasteiger partial charge < -0.3 is 9.47 Å². The molecular weight excluding hydrogens is 719 g/mol. The van der Waals surface area contributed by atoms with Crippen molar-refractivity contribution in [3.05, 3.63) is 165 Å². The van der Waals surface area contributed by atoms with Crippen molar-refractivity contribution in [2.75, 3.05) is 0 Å². The minimum Gasteiger partial charge on any atom is -0.451 e. The van der Waals surface area contributed by atoms with Crippen molar-refractivity contribution in [2.24, 2.45) is 11.8 Å². The van der Waals surface area contributed by atoms with Gasteiger partial charge in [0.1, 0.15) is 11.5 Å². The van der Waals surface area contributed by atoms with Gasteiger partial charge in [-0.2, -0.15) is 0 Å². The molecule has 4 heteroatoms. The van der Waals surface area contributed by atoms with Crippen LogP contribution in [-0.4, -0.2) is 5.79 Å². The van der Waals surface area contributed by atoms with Crippen molar-refractivity contribution >= 4 is 47.7 Å². The average Bonchev–Trinajstić information content (AvgIpc) is 3.11. The summed E-state index contributed by atoms with van der Waals surface area (Å²) in [5.74, 6) is 1.97. The summed E-state index contributed by atoms with van der Waals surface area (Å²) in [7, 11) is -1.80. The van der Waals surface area contributed by atoms with Gasteiger partial charge in [0.05, 0.1) is 0 Å². The van der Waals surface area contributed by atoms with Crippen molar-refractivity contribution in [3.63, 3.8) is 0 Å². The van der Waals surface area contributed by atoms with Crippen LogP contribution in [0.3, 0.4) is 0 Å². The van der Waals surface area contributed by atoms with Crippen LogP contribution in [0.5, 0.6) is 11.5 Å². The number of fused-ring (bicyclic) bond motifs is 2. The van der Waals surface area contributed by atoms with Crippen LogP contribution in [0.1, 0.15) is 74.9 Å². The molecule has 0 radical (unpaired) electrons. The number of rotatable bonds is 6. The van der Waals surface area contributed by atoms with Gasteiger partial charge in [0.15, 0.2) is 0 Å². The predicted octanol–water partition coefficient (Wildman–Crippen LogP) is 10.4. The topological polar surface area (TPSA) is 18.5 Å². The highest BCUT2D eigenvalue weighted by Crippen LogP contribution is 2.55. The van der Waals surface area contributed by atoms with E-state index in [-0.39, 0.29) is 11.8 Å². The third-order valence-electron chi connectivity index (χ3n) is 12.2. The van der Waals surface area contributed by atoms with Crippen LogP contribution in [0.15, 0.2) is 109 Å². The molecule has 2 aliphatic heterocycles. The monoisotopic (exact) mass is 772 g/mol. The lowest BCUT2D eigenvalue weighted by Gasteiger charge is -2.54. The highest BCUT2D eigenvalue weighted by molar-refractivity contribution is 7.80. The zero-order valence-corrected chi connectivity index (χ0v) is 36.1. The summed E-state index contributed by atoms with van der Waals surface area (Å²) in [6, 6.07) is 42.4. The molecule has 9 rings (SSSR count). The second-order valence-electron chi connectivity index (χ2n) is 17.2.